The summed E-state index contributed by atoms with van der Waals surface area (Å²) in [6, 6.07) is 16.6. The lowest BCUT2D eigenvalue weighted by Crippen LogP contribution is -2.20. The molecule has 0 bridgehead atoms. The van der Waals surface area contributed by atoms with Crippen LogP contribution in [0.2, 0.25) is 5.02 Å². The van der Waals surface area contributed by atoms with Gasteiger partial charge < -0.3 is 10.6 Å². The molecule has 0 unspecified atom stereocenters. The highest BCUT2D eigenvalue weighted by atomic mass is 35.5. The smallest absolute Gasteiger partial charge is 0.258 e. The average molecular weight is 552 g/mol. The maximum atomic E-state index is 15.2. The van der Waals surface area contributed by atoms with E-state index in [9.17, 15) is 18.0 Å². The number of nitrogens with zero attached hydrogens (tertiary/aromatic N) is 1. The topological polar surface area (TPSA) is 105 Å². The van der Waals surface area contributed by atoms with Crippen LogP contribution in [0.5, 0.6) is 0 Å². The highest BCUT2D eigenvalue weighted by Gasteiger charge is 2.21. The Labute approximate surface area is 224 Å². The molecule has 0 radical (unpaired) electrons. The number of hydrogen-bond donors (Lipinski definition) is 2. The molecule has 0 atom stereocenters. The number of hydrogen-bond acceptors (Lipinski definition) is 5. The van der Waals surface area contributed by atoms with Gasteiger partial charge in [-0.05, 0) is 66.9 Å². The average Bonchev–Trinajstić information content (AvgIpc) is 2.86. The van der Waals surface area contributed by atoms with E-state index in [1.807, 2.05) is 6.92 Å². The predicted octanol–water partition coefficient (Wildman–Crippen LogP) is 6.07. The van der Waals surface area contributed by atoms with Gasteiger partial charge in [0.1, 0.15) is 11.6 Å². The second-order valence-corrected chi connectivity index (χ2v) is 11.2. The van der Waals surface area contributed by atoms with Crippen LogP contribution in [-0.4, -0.2) is 31.5 Å². The van der Waals surface area contributed by atoms with Crippen molar-refractivity contribution in [3.05, 3.63) is 106 Å². The van der Waals surface area contributed by atoms with Gasteiger partial charge in [-0.2, -0.15) is 0 Å². The summed E-state index contributed by atoms with van der Waals surface area (Å²) in [4.78, 5) is 30.3. The van der Waals surface area contributed by atoms with Crippen molar-refractivity contribution in [3.63, 3.8) is 0 Å². The summed E-state index contributed by atoms with van der Waals surface area (Å²) < 4.78 is 39.5. The number of amides is 2. The number of halogens is 2. The molecular formula is C28H23ClFN3O4S. The second kappa shape index (κ2) is 10.7. The van der Waals surface area contributed by atoms with Crippen LogP contribution in [0.3, 0.4) is 0 Å². The summed E-state index contributed by atoms with van der Waals surface area (Å²) in [5.74, 6) is -1.86. The molecule has 7 nitrogen and oxygen atoms in total. The van der Waals surface area contributed by atoms with Gasteiger partial charge in [-0.3, -0.25) is 9.59 Å². The highest BCUT2D eigenvalue weighted by Crippen LogP contribution is 2.30. The van der Waals surface area contributed by atoms with Crippen molar-refractivity contribution in [1.82, 2.24) is 4.98 Å². The molecule has 0 spiro atoms. The van der Waals surface area contributed by atoms with Gasteiger partial charge >= 0.3 is 0 Å². The van der Waals surface area contributed by atoms with Gasteiger partial charge in [-0.25, -0.2) is 17.8 Å². The Balaban J connectivity index is 1.65. The molecule has 38 heavy (non-hydrogen) atoms. The van der Waals surface area contributed by atoms with Crippen LogP contribution in [0.4, 0.5) is 15.9 Å². The molecule has 0 aliphatic carbocycles. The first-order chi connectivity index (χ1) is 17.9. The maximum Gasteiger partial charge on any atom is 0.258 e. The fourth-order valence-corrected chi connectivity index (χ4v) is 5.05. The highest BCUT2D eigenvalue weighted by molar-refractivity contribution is 7.90. The molecule has 0 fully saturated rings. The van der Waals surface area contributed by atoms with E-state index in [0.29, 0.717) is 21.7 Å². The molecule has 1 aromatic heterocycles. The molecule has 2 N–H and O–H groups in total. The number of rotatable bonds is 6. The summed E-state index contributed by atoms with van der Waals surface area (Å²) in [7, 11) is -3.56. The first-order valence-corrected chi connectivity index (χ1v) is 13.7. The van der Waals surface area contributed by atoms with Crippen molar-refractivity contribution in [2.24, 2.45) is 0 Å². The fourth-order valence-electron chi connectivity index (χ4n) is 4.02. The van der Waals surface area contributed by atoms with Crippen molar-refractivity contribution in [2.75, 3.05) is 16.9 Å². The molecular weight excluding hydrogens is 529 g/mol. The third-order valence-electron chi connectivity index (χ3n) is 5.74. The van der Waals surface area contributed by atoms with E-state index in [1.165, 1.54) is 24.4 Å². The lowest BCUT2D eigenvalue weighted by atomic mass is 10.0. The minimum atomic E-state index is -3.56. The van der Waals surface area contributed by atoms with Crippen LogP contribution >= 0.6 is 11.6 Å². The van der Waals surface area contributed by atoms with E-state index in [2.05, 4.69) is 15.6 Å². The van der Waals surface area contributed by atoms with Crippen LogP contribution in [0.25, 0.3) is 11.1 Å². The SMILES string of the molecule is Cc1cc(C)c(NC(=O)c2ccc(-c3ccccc3S(C)(=O)=O)cc2F)c(C(=O)Nc2ccc(Cl)cn2)c1. The van der Waals surface area contributed by atoms with Gasteiger partial charge in [-0.15, -0.1) is 0 Å². The largest absolute Gasteiger partial charge is 0.321 e. The first-order valence-electron chi connectivity index (χ1n) is 11.4. The molecule has 10 heteroatoms. The fraction of sp³-hybridized carbons (Fsp3) is 0.107. The van der Waals surface area contributed by atoms with Crippen LogP contribution in [-0.2, 0) is 9.84 Å². The van der Waals surface area contributed by atoms with Crippen molar-refractivity contribution in [1.29, 1.82) is 0 Å². The van der Waals surface area contributed by atoms with Crippen molar-refractivity contribution in [3.8, 4) is 11.1 Å². The zero-order valence-electron chi connectivity index (χ0n) is 20.7. The number of pyridine rings is 1. The Morgan fingerprint density at radius 3 is 2.26 bits per heavy atom. The zero-order valence-corrected chi connectivity index (χ0v) is 22.2. The van der Waals surface area contributed by atoms with E-state index < -0.39 is 27.5 Å². The number of sulfone groups is 1. The third-order valence-corrected chi connectivity index (χ3v) is 7.12. The lowest BCUT2D eigenvalue weighted by molar-refractivity contribution is 0.102. The third kappa shape index (κ3) is 5.90. The Kier molecular flexibility index (Phi) is 7.61. The quantitative estimate of drug-likeness (QED) is 0.303. The number of aryl methyl sites for hydroxylation is 2. The first kappa shape index (κ1) is 27.0. The maximum absolute atomic E-state index is 15.2. The summed E-state index contributed by atoms with van der Waals surface area (Å²) in [6.07, 6.45) is 2.47. The molecule has 4 aromatic rings. The molecule has 194 valence electrons. The zero-order chi connectivity index (χ0) is 27.6. The molecule has 3 aromatic carbocycles. The molecule has 4 rings (SSSR count). The number of aromatic nitrogens is 1. The summed E-state index contributed by atoms with van der Waals surface area (Å²) >= 11 is 5.85. The van der Waals surface area contributed by atoms with Crippen molar-refractivity contribution >= 4 is 44.8 Å². The summed E-state index contributed by atoms with van der Waals surface area (Å²) in [5, 5.41) is 5.73. The minimum absolute atomic E-state index is 0.0534. The van der Waals surface area contributed by atoms with E-state index >= 15 is 4.39 Å². The molecule has 2 amide bonds. The molecule has 0 saturated heterocycles. The normalized spacial score (nSPS) is 11.2. The molecule has 1 heterocycles. The van der Waals surface area contributed by atoms with Gasteiger partial charge in [0.2, 0.25) is 0 Å². The minimum Gasteiger partial charge on any atom is -0.321 e. The molecule has 0 saturated carbocycles. The van der Waals surface area contributed by atoms with Crippen molar-refractivity contribution in [2.45, 2.75) is 18.7 Å². The standard InChI is InChI=1S/C28H23ClFN3O4S/c1-16-12-17(2)26(22(13-16)28(35)32-25-11-9-19(29)15-31-25)33-27(34)21-10-8-18(14-23(21)30)20-6-4-5-7-24(20)38(3,36)37/h4-15H,1-3H3,(H,33,34)(H,31,32,35). The van der Waals surface area contributed by atoms with Gasteiger partial charge in [-0.1, -0.05) is 41.9 Å². The summed E-state index contributed by atoms with van der Waals surface area (Å²) in [6.45, 7) is 3.53. The number of carbonyl (C=O) groups is 2. The van der Waals surface area contributed by atoms with Crippen LogP contribution in [0, 0.1) is 19.7 Å². The second-order valence-electron chi connectivity index (χ2n) is 8.74. The van der Waals surface area contributed by atoms with Crippen LogP contribution < -0.4 is 10.6 Å². The molecule has 0 aliphatic rings. The summed E-state index contributed by atoms with van der Waals surface area (Å²) in [5.41, 5.74) is 2.15. The van der Waals surface area contributed by atoms with Gasteiger partial charge in [0.15, 0.2) is 9.84 Å². The van der Waals surface area contributed by atoms with Gasteiger partial charge in [0, 0.05) is 18.0 Å². The Morgan fingerprint density at radius 2 is 1.61 bits per heavy atom. The predicted molar refractivity (Wildman–Crippen MR) is 146 cm³/mol. The van der Waals surface area contributed by atoms with Crippen LogP contribution in [0.15, 0.2) is 77.8 Å². The Hall–Kier alpha value is -4.08. The number of anilines is 2. The van der Waals surface area contributed by atoms with Gasteiger partial charge in [0.25, 0.3) is 11.8 Å². The van der Waals surface area contributed by atoms with Crippen molar-refractivity contribution < 1.29 is 22.4 Å². The van der Waals surface area contributed by atoms with E-state index in [0.717, 1.165) is 17.9 Å². The number of carbonyl (C=O) groups excluding carboxylic acids is 2. The number of benzene rings is 3. The van der Waals surface area contributed by atoms with Crippen LogP contribution in [0.1, 0.15) is 31.8 Å². The van der Waals surface area contributed by atoms with E-state index in [4.69, 9.17) is 11.6 Å². The lowest BCUT2D eigenvalue weighted by Gasteiger charge is -2.16. The monoisotopic (exact) mass is 551 g/mol. The van der Waals surface area contributed by atoms with E-state index in [1.54, 1.807) is 49.4 Å². The Bertz CT molecular complexity index is 1670. The number of nitrogens with one attached hydrogen (secondary N) is 2. The molecule has 0 aliphatic heterocycles. The Morgan fingerprint density at radius 1 is 0.895 bits per heavy atom. The van der Waals surface area contributed by atoms with Gasteiger partial charge in [0.05, 0.1) is 26.7 Å². The van der Waals surface area contributed by atoms with E-state index in [-0.39, 0.29) is 27.5 Å².